The fourth-order valence-electron chi connectivity index (χ4n) is 3.18. The molecular formula is C24H26N2O6S. The Morgan fingerprint density at radius 2 is 1.67 bits per heavy atom. The third kappa shape index (κ3) is 6.29. The second-order valence-corrected chi connectivity index (χ2v) is 7.95. The molecule has 0 saturated carbocycles. The Morgan fingerprint density at radius 1 is 0.939 bits per heavy atom. The molecule has 8 nitrogen and oxygen atoms in total. The minimum atomic E-state index is -0.438. The molecule has 3 rings (SSSR count). The van der Waals surface area contributed by atoms with Crippen molar-refractivity contribution in [1.82, 2.24) is 4.57 Å². The number of benzene rings is 2. The first kappa shape index (κ1) is 24.2. The highest BCUT2D eigenvalue weighted by Crippen LogP contribution is 2.20. The summed E-state index contributed by atoms with van der Waals surface area (Å²) in [5, 5.41) is 0. The number of hydrogen-bond donors (Lipinski definition) is 0. The number of esters is 2. The molecule has 3 aromatic rings. The van der Waals surface area contributed by atoms with Gasteiger partial charge < -0.3 is 18.8 Å². The van der Waals surface area contributed by atoms with Crippen LogP contribution in [-0.2, 0) is 32.0 Å². The molecule has 0 N–H and O–H groups in total. The van der Waals surface area contributed by atoms with Crippen molar-refractivity contribution >= 4 is 39.4 Å². The number of carbonyl (C=O) groups is 3. The Bertz CT molecular complexity index is 1210. The smallest absolute Gasteiger partial charge is 0.338 e. The van der Waals surface area contributed by atoms with E-state index in [1.807, 2.05) is 31.2 Å². The van der Waals surface area contributed by atoms with Crippen molar-refractivity contribution in [3.8, 4) is 5.75 Å². The predicted octanol–water partition coefficient (Wildman–Crippen LogP) is 3.51. The molecular weight excluding hydrogens is 444 g/mol. The number of rotatable bonds is 9. The Labute approximate surface area is 195 Å². The summed E-state index contributed by atoms with van der Waals surface area (Å²) in [5.41, 5.74) is 1.87. The molecule has 0 aliphatic heterocycles. The average Bonchev–Trinajstić information content (AvgIpc) is 3.11. The van der Waals surface area contributed by atoms with Crippen LogP contribution < -0.4 is 9.54 Å². The Morgan fingerprint density at radius 3 is 2.33 bits per heavy atom. The third-order valence-corrected chi connectivity index (χ3v) is 5.64. The first-order chi connectivity index (χ1) is 15.9. The van der Waals surface area contributed by atoms with Crippen LogP contribution in [0.5, 0.6) is 5.75 Å². The van der Waals surface area contributed by atoms with Crippen LogP contribution in [0.15, 0.2) is 47.5 Å². The maximum absolute atomic E-state index is 12.7. The van der Waals surface area contributed by atoms with Crippen LogP contribution in [0, 0.1) is 0 Å². The molecule has 0 fully saturated rings. The van der Waals surface area contributed by atoms with Gasteiger partial charge in [-0.25, -0.2) is 4.79 Å². The lowest BCUT2D eigenvalue weighted by atomic mass is 10.1. The van der Waals surface area contributed by atoms with Gasteiger partial charge in [-0.15, -0.1) is 0 Å². The third-order valence-electron chi connectivity index (χ3n) is 4.60. The molecule has 1 amide bonds. The fraction of sp³-hybridized carbons (Fsp3) is 0.333. The summed E-state index contributed by atoms with van der Waals surface area (Å²) in [6, 6.07) is 12.3. The normalized spacial score (nSPS) is 11.4. The fourth-order valence-corrected chi connectivity index (χ4v) is 4.27. The highest BCUT2D eigenvalue weighted by molar-refractivity contribution is 7.16. The molecule has 1 heterocycles. The van der Waals surface area contributed by atoms with Crippen molar-refractivity contribution in [2.24, 2.45) is 4.99 Å². The lowest BCUT2D eigenvalue weighted by Gasteiger charge is -2.06. The number of ether oxygens (including phenoxy) is 3. The van der Waals surface area contributed by atoms with Crippen molar-refractivity contribution < 1.29 is 28.6 Å². The Balaban J connectivity index is 1.95. The molecule has 0 unspecified atom stereocenters. The molecule has 0 atom stereocenters. The lowest BCUT2D eigenvalue weighted by molar-refractivity contribution is -0.143. The summed E-state index contributed by atoms with van der Waals surface area (Å²) < 4.78 is 17.9. The second kappa shape index (κ2) is 11.4. The number of fused-ring (bicyclic) bond motifs is 1. The van der Waals surface area contributed by atoms with E-state index in [9.17, 15) is 14.4 Å². The molecule has 1 aromatic heterocycles. The molecule has 0 radical (unpaired) electrons. The number of carbonyl (C=O) groups excluding carboxylic acids is 3. The van der Waals surface area contributed by atoms with Gasteiger partial charge in [0.2, 0.25) is 0 Å². The zero-order valence-corrected chi connectivity index (χ0v) is 19.6. The zero-order chi connectivity index (χ0) is 23.8. The monoisotopic (exact) mass is 470 g/mol. The van der Waals surface area contributed by atoms with Gasteiger partial charge in [-0.1, -0.05) is 23.5 Å². The van der Waals surface area contributed by atoms with Gasteiger partial charge in [0.05, 0.1) is 42.0 Å². The number of nitrogens with zero attached hydrogens (tertiary/aromatic N) is 2. The van der Waals surface area contributed by atoms with Gasteiger partial charge in [0, 0.05) is 0 Å². The van der Waals surface area contributed by atoms with E-state index in [-0.39, 0.29) is 32.1 Å². The first-order valence-electron chi connectivity index (χ1n) is 10.7. The van der Waals surface area contributed by atoms with E-state index in [0.717, 1.165) is 11.3 Å². The van der Waals surface area contributed by atoms with Crippen LogP contribution >= 0.6 is 11.3 Å². The van der Waals surface area contributed by atoms with E-state index in [1.54, 1.807) is 36.6 Å². The van der Waals surface area contributed by atoms with Crippen molar-refractivity contribution in [2.45, 2.75) is 33.7 Å². The van der Waals surface area contributed by atoms with Gasteiger partial charge in [0.15, 0.2) is 4.80 Å². The standard InChI is InChI=1S/C24H26N2O6S/c1-4-30-18-10-7-16(8-11-18)13-21(27)25-24-26(15-22(28)31-5-2)19-12-9-17(14-20(19)33-24)23(29)32-6-3/h7-12,14H,4-6,13,15H2,1-3H3. The zero-order valence-electron chi connectivity index (χ0n) is 18.8. The Kier molecular flexibility index (Phi) is 8.37. The van der Waals surface area contributed by atoms with E-state index < -0.39 is 11.9 Å². The van der Waals surface area contributed by atoms with E-state index in [1.165, 1.54) is 11.3 Å². The van der Waals surface area contributed by atoms with Crippen LogP contribution in [0.2, 0.25) is 0 Å². The highest BCUT2D eigenvalue weighted by Gasteiger charge is 2.15. The summed E-state index contributed by atoms with van der Waals surface area (Å²) in [6.45, 7) is 6.36. The van der Waals surface area contributed by atoms with Crippen LogP contribution in [0.4, 0.5) is 0 Å². The summed E-state index contributed by atoms with van der Waals surface area (Å²) in [7, 11) is 0. The van der Waals surface area contributed by atoms with Gasteiger partial charge >= 0.3 is 11.9 Å². The SMILES string of the molecule is CCOC(=O)Cn1c(=NC(=O)Cc2ccc(OCC)cc2)sc2cc(C(=O)OCC)ccc21. The molecule has 0 aliphatic carbocycles. The minimum absolute atomic E-state index is 0.0955. The number of thiazole rings is 1. The van der Waals surface area contributed by atoms with Crippen LogP contribution in [0.25, 0.3) is 10.2 Å². The van der Waals surface area contributed by atoms with Crippen LogP contribution in [0.1, 0.15) is 36.7 Å². The van der Waals surface area contributed by atoms with E-state index in [2.05, 4.69) is 4.99 Å². The maximum atomic E-state index is 12.7. The summed E-state index contributed by atoms with van der Waals surface area (Å²) in [5.74, 6) is -0.490. The lowest BCUT2D eigenvalue weighted by Crippen LogP contribution is -2.23. The van der Waals surface area contributed by atoms with Crippen LogP contribution in [-0.4, -0.2) is 42.2 Å². The molecule has 0 aliphatic rings. The molecule has 0 saturated heterocycles. The second-order valence-electron chi connectivity index (χ2n) is 6.94. The van der Waals surface area contributed by atoms with E-state index in [0.29, 0.717) is 27.2 Å². The molecule has 0 bridgehead atoms. The van der Waals surface area contributed by atoms with Gasteiger partial charge in [-0.2, -0.15) is 4.99 Å². The predicted molar refractivity (Wildman–Crippen MR) is 124 cm³/mol. The molecule has 0 spiro atoms. The van der Waals surface area contributed by atoms with Gasteiger partial charge in [-0.3, -0.25) is 9.59 Å². The van der Waals surface area contributed by atoms with E-state index in [4.69, 9.17) is 14.2 Å². The topological polar surface area (TPSA) is 96.2 Å². The van der Waals surface area contributed by atoms with Crippen molar-refractivity contribution in [1.29, 1.82) is 0 Å². The molecule has 174 valence electrons. The van der Waals surface area contributed by atoms with Gasteiger partial charge in [0.1, 0.15) is 12.3 Å². The molecule has 9 heteroatoms. The van der Waals surface area contributed by atoms with Crippen molar-refractivity contribution in [3.63, 3.8) is 0 Å². The quantitative estimate of drug-likeness (QED) is 0.444. The Hall–Kier alpha value is -3.46. The summed E-state index contributed by atoms with van der Waals surface area (Å²) >= 11 is 1.22. The number of amides is 1. The average molecular weight is 471 g/mol. The minimum Gasteiger partial charge on any atom is -0.494 e. The number of hydrogen-bond acceptors (Lipinski definition) is 7. The largest absolute Gasteiger partial charge is 0.494 e. The van der Waals surface area contributed by atoms with Gasteiger partial charge in [-0.05, 0) is 56.7 Å². The molecule has 33 heavy (non-hydrogen) atoms. The van der Waals surface area contributed by atoms with Crippen LogP contribution in [0.3, 0.4) is 0 Å². The summed E-state index contributed by atoms with van der Waals surface area (Å²) in [4.78, 5) is 41.6. The van der Waals surface area contributed by atoms with Crippen molar-refractivity contribution in [2.75, 3.05) is 19.8 Å². The maximum Gasteiger partial charge on any atom is 0.338 e. The molecule has 2 aromatic carbocycles. The van der Waals surface area contributed by atoms with Gasteiger partial charge in [0.25, 0.3) is 5.91 Å². The van der Waals surface area contributed by atoms with E-state index >= 15 is 0 Å². The summed E-state index contributed by atoms with van der Waals surface area (Å²) in [6.07, 6.45) is 0.105. The number of aromatic nitrogens is 1. The highest BCUT2D eigenvalue weighted by atomic mass is 32.1. The van der Waals surface area contributed by atoms with Crippen molar-refractivity contribution in [3.05, 3.63) is 58.4 Å². The first-order valence-corrected chi connectivity index (χ1v) is 11.5.